The van der Waals surface area contributed by atoms with Gasteiger partial charge in [0.1, 0.15) is 17.0 Å². The van der Waals surface area contributed by atoms with Gasteiger partial charge < -0.3 is 9.84 Å². The van der Waals surface area contributed by atoms with Crippen LogP contribution in [0.5, 0.6) is 5.75 Å². The highest BCUT2D eigenvalue weighted by Crippen LogP contribution is 2.31. The summed E-state index contributed by atoms with van der Waals surface area (Å²) in [7, 11) is 0. The molecular weight excluding hydrogens is 389 g/mol. The van der Waals surface area contributed by atoms with Crippen molar-refractivity contribution in [2.24, 2.45) is 0 Å². The number of hydrogen-bond acceptors (Lipinski definition) is 5. The summed E-state index contributed by atoms with van der Waals surface area (Å²) in [5.74, 6) is -0.171. The summed E-state index contributed by atoms with van der Waals surface area (Å²) in [6.07, 6.45) is -5.92. The molecule has 3 rings (SSSR count). The van der Waals surface area contributed by atoms with Crippen LogP contribution in [0.15, 0.2) is 36.5 Å². The van der Waals surface area contributed by atoms with Crippen molar-refractivity contribution in [3.63, 3.8) is 0 Å². The number of pyridine rings is 1. The van der Waals surface area contributed by atoms with Gasteiger partial charge in [0.05, 0.1) is 12.1 Å². The van der Waals surface area contributed by atoms with Crippen molar-refractivity contribution in [3.8, 4) is 17.0 Å². The van der Waals surface area contributed by atoms with Gasteiger partial charge in [-0.2, -0.15) is 27.1 Å². The lowest BCUT2D eigenvalue weighted by atomic mass is 10.1. The van der Waals surface area contributed by atoms with Gasteiger partial charge in [0.25, 0.3) is 0 Å². The van der Waals surface area contributed by atoms with Crippen molar-refractivity contribution in [2.75, 3.05) is 0 Å². The molecule has 0 amide bonds. The first-order valence-corrected chi connectivity index (χ1v) is 7.81. The van der Waals surface area contributed by atoms with Crippen LogP contribution >= 0.6 is 0 Å². The Bertz CT molecular complexity index is 1000. The van der Waals surface area contributed by atoms with Gasteiger partial charge in [0, 0.05) is 17.3 Å². The molecule has 6 nitrogen and oxygen atoms in total. The van der Waals surface area contributed by atoms with Crippen LogP contribution < -0.4 is 4.74 Å². The second-order valence-electron chi connectivity index (χ2n) is 5.75. The van der Waals surface area contributed by atoms with E-state index in [1.165, 1.54) is 36.5 Å². The van der Waals surface area contributed by atoms with Crippen molar-refractivity contribution >= 4 is 17.3 Å². The summed E-state index contributed by atoms with van der Waals surface area (Å²) in [6.45, 7) is -3.99. The molecule has 11 heteroatoms. The Balaban J connectivity index is 2.12. The predicted octanol–water partition coefficient (Wildman–Crippen LogP) is 3.44. The average molecular weight is 401 g/mol. The molecular formula is C17H12F5N3O3. The number of halogens is 5. The van der Waals surface area contributed by atoms with Crippen LogP contribution in [0.3, 0.4) is 0 Å². The van der Waals surface area contributed by atoms with Crippen molar-refractivity contribution in [1.82, 2.24) is 14.8 Å². The van der Waals surface area contributed by atoms with E-state index in [1.807, 2.05) is 0 Å². The first kappa shape index (κ1) is 19.7. The number of fused-ring (bicyclic) bond motifs is 1. The summed E-state index contributed by atoms with van der Waals surface area (Å²) < 4.78 is 68.2. The Hall–Kier alpha value is -3.08. The molecule has 0 aliphatic carbocycles. The van der Waals surface area contributed by atoms with E-state index in [9.17, 15) is 31.9 Å². The lowest BCUT2D eigenvalue weighted by Crippen LogP contribution is -2.33. The molecule has 2 heterocycles. The molecule has 3 aromatic rings. The fraction of sp³-hybridized carbons (Fsp3) is 0.235. The van der Waals surface area contributed by atoms with Gasteiger partial charge in [-0.1, -0.05) is 12.1 Å². The molecule has 2 aromatic heterocycles. The van der Waals surface area contributed by atoms with Crippen LogP contribution in [0.4, 0.5) is 22.0 Å². The van der Waals surface area contributed by atoms with Crippen LogP contribution in [0.2, 0.25) is 0 Å². The second kappa shape index (κ2) is 7.50. The molecule has 148 valence electrons. The molecule has 1 aromatic carbocycles. The summed E-state index contributed by atoms with van der Waals surface area (Å²) in [5.41, 5.74) is 0.644. The molecule has 0 spiro atoms. The highest BCUT2D eigenvalue weighted by atomic mass is 19.4. The number of benzene rings is 1. The fourth-order valence-corrected chi connectivity index (χ4v) is 2.55. The number of aldehydes is 1. The Kier molecular flexibility index (Phi) is 5.27. The zero-order chi connectivity index (χ0) is 20.5. The Labute approximate surface area is 154 Å². The number of hydrogen-bond donors (Lipinski definition) is 1. The van der Waals surface area contributed by atoms with Gasteiger partial charge in [0.15, 0.2) is 12.4 Å². The molecule has 1 atom stereocenters. The molecule has 1 unspecified atom stereocenters. The molecule has 28 heavy (non-hydrogen) atoms. The maximum absolute atomic E-state index is 12.7. The highest BCUT2D eigenvalue weighted by Gasteiger charge is 2.39. The molecule has 1 N–H and O–H groups in total. The van der Waals surface area contributed by atoms with E-state index in [1.54, 1.807) is 0 Å². The standard InChI is InChI=1S/C17H12F5N3O3/c18-16(19)28-11-3-1-2-10(5-11)14-15-12(4-9(8-26)6-23-15)25(24-14)7-13(27)17(20,21)22/h1-6,8,13,16,27H,7H2. The Morgan fingerprint density at radius 2 is 2.00 bits per heavy atom. The van der Waals surface area contributed by atoms with E-state index in [-0.39, 0.29) is 33.6 Å². The lowest BCUT2D eigenvalue weighted by Gasteiger charge is -2.14. The number of aromatic nitrogens is 3. The summed E-state index contributed by atoms with van der Waals surface area (Å²) in [4.78, 5) is 15.0. The molecule has 0 bridgehead atoms. The zero-order valence-electron chi connectivity index (χ0n) is 13.9. The zero-order valence-corrected chi connectivity index (χ0v) is 13.9. The number of rotatable bonds is 6. The number of ether oxygens (including phenoxy) is 1. The normalized spacial score (nSPS) is 13.1. The molecule has 0 aliphatic rings. The number of nitrogens with zero attached hydrogens (tertiary/aromatic N) is 3. The second-order valence-corrected chi connectivity index (χ2v) is 5.75. The van der Waals surface area contributed by atoms with E-state index >= 15 is 0 Å². The number of aliphatic hydroxyl groups is 1. The maximum Gasteiger partial charge on any atom is 0.416 e. The molecule has 0 fully saturated rings. The number of aliphatic hydroxyl groups excluding tert-OH is 1. The van der Waals surface area contributed by atoms with E-state index in [0.717, 1.165) is 4.68 Å². The third kappa shape index (κ3) is 4.09. The third-order valence-corrected chi connectivity index (χ3v) is 3.80. The molecule has 0 saturated carbocycles. The number of carbonyl (C=O) groups is 1. The number of alkyl halides is 5. The van der Waals surface area contributed by atoms with Crippen molar-refractivity contribution < 1.29 is 36.6 Å². The largest absolute Gasteiger partial charge is 0.435 e. The summed E-state index contributed by atoms with van der Waals surface area (Å²) >= 11 is 0. The van der Waals surface area contributed by atoms with Crippen molar-refractivity contribution in [1.29, 1.82) is 0 Å². The van der Waals surface area contributed by atoms with Crippen LogP contribution in [0, 0.1) is 0 Å². The van der Waals surface area contributed by atoms with E-state index in [2.05, 4.69) is 14.8 Å². The smallest absolute Gasteiger partial charge is 0.416 e. The molecule has 0 aliphatic heterocycles. The minimum absolute atomic E-state index is 0.0723. The summed E-state index contributed by atoms with van der Waals surface area (Å²) in [6, 6.07) is 6.67. The Morgan fingerprint density at radius 3 is 2.64 bits per heavy atom. The van der Waals surface area contributed by atoms with Crippen molar-refractivity contribution in [3.05, 3.63) is 42.1 Å². The van der Waals surface area contributed by atoms with Crippen LogP contribution in [-0.2, 0) is 6.54 Å². The van der Waals surface area contributed by atoms with Crippen LogP contribution in [0.25, 0.3) is 22.3 Å². The first-order valence-electron chi connectivity index (χ1n) is 7.81. The van der Waals surface area contributed by atoms with Gasteiger partial charge in [0.2, 0.25) is 0 Å². The third-order valence-electron chi connectivity index (χ3n) is 3.80. The minimum Gasteiger partial charge on any atom is -0.435 e. The quantitative estimate of drug-likeness (QED) is 0.506. The van der Waals surface area contributed by atoms with Crippen molar-refractivity contribution in [2.45, 2.75) is 25.4 Å². The topological polar surface area (TPSA) is 77.2 Å². The van der Waals surface area contributed by atoms with E-state index < -0.39 is 25.4 Å². The lowest BCUT2D eigenvalue weighted by molar-refractivity contribution is -0.207. The van der Waals surface area contributed by atoms with Gasteiger partial charge in [-0.05, 0) is 18.2 Å². The van der Waals surface area contributed by atoms with Crippen LogP contribution in [0.1, 0.15) is 10.4 Å². The van der Waals surface area contributed by atoms with Gasteiger partial charge in [-0.15, -0.1) is 0 Å². The van der Waals surface area contributed by atoms with Gasteiger partial charge >= 0.3 is 12.8 Å². The number of carbonyl (C=O) groups excluding carboxylic acids is 1. The highest BCUT2D eigenvalue weighted by molar-refractivity contribution is 5.92. The van der Waals surface area contributed by atoms with Crippen LogP contribution in [-0.4, -0.2) is 45.0 Å². The average Bonchev–Trinajstić information content (AvgIpc) is 2.98. The Morgan fingerprint density at radius 1 is 1.25 bits per heavy atom. The first-order chi connectivity index (χ1) is 13.2. The fourth-order valence-electron chi connectivity index (χ4n) is 2.55. The van der Waals surface area contributed by atoms with E-state index in [0.29, 0.717) is 6.29 Å². The molecule has 0 radical (unpaired) electrons. The maximum atomic E-state index is 12.7. The molecule has 0 saturated heterocycles. The predicted molar refractivity (Wildman–Crippen MR) is 87.0 cm³/mol. The monoisotopic (exact) mass is 401 g/mol. The van der Waals surface area contributed by atoms with Gasteiger partial charge in [-0.3, -0.25) is 14.5 Å². The van der Waals surface area contributed by atoms with Gasteiger partial charge in [-0.25, -0.2) is 0 Å². The minimum atomic E-state index is -4.88. The van der Waals surface area contributed by atoms with E-state index in [4.69, 9.17) is 0 Å². The SMILES string of the molecule is O=Cc1cnc2c(-c3cccc(OC(F)F)c3)nn(CC(O)C(F)(F)F)c2c1. The summed E-state index contributed by atoms with van der Waals surface area (Å²) in [5, 5.41) is 13.4.